The molecule has 1 fully saturated rings. The first-order chi connectivity index (χ1) is 7.51. The van der Waals surface area contributed by atoms with Crippen molar-refractivity contribution in [3.63, 3.8) is 0 Å². The number of hydrogen-bond donors (Lipinski definition) is 2. The van der Waals surface area contributed by atoms with Gasteiger partial charge >= 0.3 is 0 Å². The van der Waals surface area contributed by atoms with Gasteiger partial charge in [-0.25, -0.2) is 0 Å². The lowest BCUT2D eigenvalue weighted by atomic mass is 9.77. The van der Waals surface area contributed by atoms with Gasteiger partial charge in [-0.1, -0.05) is 17.7 Å². The van der Waals surface area contributed by atoms with E-state index >= 15 is 0 Å². The molecule has 0 saturated heterocycles. The van der Waals surface area contributed by atoms with Gasteiger partial charge in [-0.2, -0.15) is 0 Å². The second-order valence-corrected chi connectivity index (χ2v) is 4.83. The van der Waals surface area contributed by atoms with Crippen LogP contribution in [0.2, 0.25) is 5.02 Å². The van der Waals surface area contributed by atoms with Gasteiger partial charge in [-0.05, 0) is 43.9 Å². The number of amides is 1. The van der Waals surface area contributed by atoms with E-state index in [9.17, 15) is 4.79 Å². The normalized spacial score (nSPS) is 16.6. The Balaban J connectivity index is 0.00000144. The molecule has 0 radical (unpaired) electrons. The molecule has 1 aromatic rings. The minimum absolute atomic E-state index is 0. The summed E-state index contributed by atoms with van der Waals surface area (Å²) in [6.07, 6.45) is 2.55. The maximum absolute atomic E-state index is 11.8. The molecule has 1 saturated carbocycles. The van der Waals surface area contributed by atoms with Crippen LogP contribution in [0.3, 0.4) is 0 Å². The number of nitrogens with two attached hydrogens (primary N) is 1. The zero-order valence-corrected chi connectivity index (χ0v) is 11.2. The number of rotatable bonds is 2. The van der Waals surface area contributed by atoms with Gasteiger partial charge in [0.1, 0.15) is 0 Å². The summed E-state index contributed by atoms with van der Waals surface area (Å²) >= 11 is 5.98. The highest BCUT2D eigenvalue weighted by Gasteiger charge is 2.40. The first kappa shape index (κ1) is 14.3. The average molecular weight is 275 g/mol. The third kappa shape index (κ3) is 2.92. The predicted octanol–water partition coefficient (Wildman–Crippen LogP) is 2.89. The summed E-state index contributed by atoms with van der Waals surface area (Å²) in [5, 5.41) is 3.45. The van der Waals surface area contributed by atoms with Crippen LogP contribution in [0.5, 0.6) is 0 Å². The summed E-state index contributed by atoms with van der Waals surface area (Å²) in [4.78, 5) is 11.8. The van der Waals surface area contributed by atoms with Crippen molar-refractivity contribution in [1.82, 2.24) is 0 Å². The Hall–Kier alpha value is -0.770. The molecule has 1 aliphatic carbocycles. The van der Waals surface area contributed by atoms with Crippen LogP contribution in [0.25, 0.3) is 0 Å². The maximum Gasteiger partial charge on any atom is 0.244 e. The van der Waals surface area contributed by atoms with Crippen LogP contribution in [0.15, 0.2) is 18.2 Å². The number of carbonyl (C=O) groups is 1. The third-order valence-electron chi connectivity index (χ3n) is 3.13. The number of hydrogen-bond acceptors (Lipinski definition) is 2. The fourth-order valence-corrected chi connectivity index (χ4v) is 1.89. The van der Waals surface area contributed by atoms with Crippen molar-refractivity contribution in [2.45, 2.75) is 31.7 Å². The first-order valence-electron chi connectivity index (χ1n) is 5.38. The lowest BCUT2D eigenvalue weighted by Gasteiger charge is -2.36. The molecule has 1 amide bonds. The number of halogens is 2. The molecule has 1 aromatic carbocycles. The third-order valence-corrected chi connectivity index (χ3v) is 3.53. The van der Waals surface area contributed by atoms with E-state index in [1.54, 1.807) is 6.07 Å². The molecule has 0 aliphatic heterocycles. The molecular weight excluding hydrogens is 259 g/mol. The molecule has 0 unspecified atom stereocenters. The first-order valence-corrected chi connectivity index (χ1v) is 5.75. The molecule has 3 N–H and O–H groups in total. The second-order valence-electron chi connectivity index (χ2n) is 4.43. The summed E-state index contributed by atoms with van der Waals surface area (Å²) in [5.41, 5.74) is 6.95. The van der Waals surface area contributed by atoms with E-state index < -0.39 is 5.54 Å². The van der Waals surface area contributed by atoms with Gasteiger partial charge < -0.3 is 11.1 Å². The van der Waals surface area contributed by atoms with Crippen LogP contribution >= 0.6 is 24.0 Å². The van der Waals surface area contributed by atoms with Crippen molar-refractivity contribution in [3.8, 4) is 0 Å². The Kier molecular flexibility index (Phi) is 4.42. The molecule has 5 heteroatoms. The van der Waals surface area contributed by atoms with Crippen LogP contribution in [-0.4, -0.2) is 11.4 Å². The smallest absolute Gasteiger partial charge is 0.244 e. The minimum atomic E-state index is -0.669. The predicted molar refractivity (Wildman–Crippen MR) is 72.8 cm³/mol. The van der Waals surface area contributed by atoms with Crippen molar-refractivity contribution in [2.75, 3.05) is 5.32 Å². The molecule has 3 nitrogen and oxygen atoms in total. The number of benzene rings is 1. The van der Waals surface area contributed by atoms with Gasteiger partial charge in [0.15, 0.2) is 0 Å². The summed E-state index contributed by atoms with van der Waals surface area (Å²) in [7, 11) is 0. The zero-order chi connectivity index (χ0) is 11.8. The summed E-state index contributed by atoms with van der Waals surface area (Å²) in [6.45, 7) is 1.92. The lowest BCUT2D eigenvalue weighted by molar-refractivity contribution is -0.123. The molecule has 17 heavy (non-hydrogen) atoms. The second kappa shape index (κ2) is 5.25. The summed E-state index contributed by atoms with van der Waals surface area (Å²) < 4.78 is 0. The zero-order valence-electron chi connectivity index (χ0n) is 9.63. The molecule has 1 aliphatic rings. The summed E-state index contributed by atoms with van der Waals surface area (Å²) in [6, 6.07) is 5.46. The fraction of sp³-hybridized carbons (Fsp3) is 0.417. The number of aryl methyl sites for hydroxylation is 1. The monoisotopic (exact) mass is 274 g/mol. The number of carbonyl (C=O) groups excluding carboxylic acids is 1. The Morgan fingerprint density at radius 1 is 1.47 bits per heavy atom. The van der Waals surface area contributed by atoms with Gasteiger partial charge in [0.05, 0.1) is 5.54 Å². The summed E-state index contributed by atoms with van der Waals surface area (Å²) in [5.74, 6) is -0.112. The van der Waals surface area contributed by atoms with E-state index in [-0.39, 0.29) is 18.3 Å². The van der Waals surface area contributed by atoms with Crippen LogP contribution in [0.1, 0.15) is 24.8 Å². The average Bonchev–Trinajstić information content (AvgIpc) is 2.20. The van der Waals surface area contributed by atoms with Crippen molar-refractivity contribution >= 4 is 35.6 Å². The molecule has 2 rings (SSSR count). The lowest BCUT2D eigenvalue weighted by Crippen LogP contribution is -2.56. The van der Waals surface area contributed by atoms with Crippen molar-refractivity contribution < 1.29 is 4.79 Å². The SMILES string of the molecule is Cc1ccc(NC(=O)C2(N)CCC2)cc1Cl.Cl. The highest BCUT2D eigenvalue weighted by Crippen LogP contribution is 2.30. The van der Waals surface area contributed by atoms with Crippen molar-refractivity contribution in [3.05, 3.63) is 28.8 Å². The van der Waals surface area contributed by atoms with Gasteiger partial charge in [-0.3, -0.25) is 4.79 Å². The van der Waals surface area contributed by atoms with Gasteiger partial charge in [-0.15, -0.1) is 12.4 Å². The number of nitrogens with one attached hydrogen (secondary N) is 1. The quantitative estimate of drug-likeness (QED) is 0.872. The molecule has 0 heterocycles. The van der Waals surface area contributed by atoms with Gasteiger partial charge in [0.25, 0.3) is 0 Å². The molecule has 0 aromatic heterocycles. The van der Waals surface area contributed by atoms with Crippen LogP contribution in [-0.2, 0) is 4.79 Å². The Labute approximate surface area is 112 Å². The van der Waals surface area contributed by atoms with Gasteiger partial charge in [0, 0.05) is 10.7 Å². The largest absolute Gasteiger partial charge is 0.324 e. The van der Waals surface area contributed by atoms with Crippen LogP contribution in [0.4, 0.5) is 5.69 Å². The van der Waals surface area contributed by atoms with E-state index in [1.807, 2.05) is 19.1 Å². The molecular formula is C12H16Cl2N2O. The Morgan fingerprint density at radius 2 is 2.12 bits per heavy atom. The molecule has 94 valence electrons. The van der Waals surface area contributed by atoms with Crippen LogP contribution in [0, 0.1) is 6.92 Å². The maximum atomic E-state index is 11.8. The van der Waals surface area contributed by atoms with Crippen LogP contribution < -0.4 is 11.1 Å². The molecule has 0 atom stereocenters. The topological polar surface area (TPSA) is 55.1 Å². The van der Waals surface area contributed by atoms with E-state index in [2.05, 4.69) is 5.32 Å². The van der Waals surface area contributed by atoms with Crippen molar-refractivity contribution in [1.29, 1.82) is 0 Å². The van der Waals surface area contributed by atoms with E-state index in [1.165, 1.54) is 0 Å². The van der Waals surface area contributed by atoms with E-state index in [0.29, 0.717) is 10.7 Å². The standard InChI is InChI=1S/C12H15ClN2O.ClH/c1-8-3-4-9(7-10(8)13)15-11(16)12(14)5-2-6-12;/h3-4,7H,2,5-6,14H2,1H3,(H,15,16);1H. The minimum Gasteiger partial charge on any atom is -0.324 e. The highest BCUT2D eigenvalue weighted by atomic mass is 35.5. The Bertz CT molecular complexity index is 431. The van der Waals surface area contributed by atoms with E-state index in [0.717, 1.165) is 24.8 Å². The molecule has 0 bridgehead atoms. The number of anilines is 1. The van der Waals surface area contributed by atoms with Gasteiger partial charge in [0.2, 0.25) is 5.91 Å². The fourth-order valence-electron chi connectivity index (χ4n) is 1.71. The molecule has 0 spiro atoms. The highest BCUT2D eigenvalue weighted by molar-refractivity contribution is 6.31. The van der Waals surface area contributed by atoms with Crippen molar-refractivity contribution in [2.24, 2.45) is 5.73 Å². The van der Waals surface area contributed by atoms with E-state index in [4.69, 9.17) is 17.3 Å². The Morgan fingerprint density at radius 3 is 2.59 bits per heavy atom.